The van der Waals surface area contributed by atoms with Gasteiger partial charge in [-0.3, -0.25) is 4.79 Å². The lowest BCUT2D eigenvalue weighted by Gasteiger charge is -2.17. The molecule has 0 aliphatic heterocycles. The number of aromatic nitrogens is 2. The van der Waals surface area contributed by atoms with E-state index in [1.54, 1.807) is 4.68 Å². The first kappa shape index (κ1) is 18.9. The molecule has 27 heavy (non-hydrogen) atoms. The van der Waals surface area contributed by atoms with Crippen molar-refractivity contribution >= 4 is 5.91 Å². The molecule has 0 saturated carbocycles. The van der Waals surface area contributed by atoms with Gasteiger partial charge in [0.25, 0.3) is 5.91 Å². The van der Waals surface area contributed by atoms with Crippen LogP contribution in [0.15, 0.2) is 54.6 Å². The normalized spacial score (nSPS) is 12.2. The minimum Gasteiger partial charge on any atom is -0.348 e. The molecular formula is C23H27N3O. The molecule has 0 unspecified atom stereocenters. The maximum absolute atomic E-state index is 12.9. The van der Waals surface area contributed by atoms with Crippen LogP contribution in [0.4, 0.5) is 0 Å². The van der Waals surface area contributed by atoms with Gasteiger partial charge in [-0.25, -0.2) is 4.68 Å². The smallest absolute Gasteiger partial charge is 0.270 e. The van der Waals surface area contributed by atoms with E-state index in [9.17, 15) is 4.79 Å². The van der Waals surface area contributed by atoms with Crippen molar-refractivity contribution in [1.82, 2.24) is 15.1 Å². The Hall–Kier alpha value is -2.88. The summed E-state index contributed by atoms with van der Waals surface area (Å²) in [6.45, 7) is 10.4. The number of rotatable bonds is 5. The molecule has 0 bridgehead atoms. The van der Waals surface area contributed by atoms with Crippen molar-refractivity contribution in [3.8, 4) is 16.9 Å². The minimum absolute atomic E-state index is 0.0849. The summed E-state index contributed by atoms with van der Waals surface area (Å²) in [4.78, 5) is 12.9. The quantitative estimate of drug-likeness (QED) is 0.700. The number of para-hydroxylation sites is 1. The topological polar surface area (TPSA) is 46.9 Å². The van der Waals surface area contributed by atoms with Crippen molar-refractivity contribution in [2.75, 3.05) is 0 Å². The van der Waals surface area contributed by atoms with E-state index < -0.39 is 0 Å². The lowest BCUT2D eigenvalue weighted by atomic mass is 10.0. The fourth-order valence-corrected chi connectivity index (χ4v) is 2.80. The van der Waals surface area contributed by atoms with E-state index in [1.807, 2.05) is 43.3 Å². The highest BCUT2D eigenvalue weighted by molar-refractivity contribution is 5.94. The van der Waals surface area contributed by atoms with Crippen LogP contribution in [0.2, 0.25) is 0 Å². The molecule has 0 saturated heterocycles. The summed E-state index contributed by atoms with van der Waals surface area (Å²) in [6, 6.07) is 18.0. The molecule has 2 aromatic carbocycles. The highest BCUT2D eigenvalue weighted by Gasteiger charge is 2.20. The second kappa shape index (κ2) is 7.78. The molecule has 0 spiro atoms. The number of nitrogens with one attached hydrogen (secondary N) is 1. The predicted molar refractivity (Wildman–Crippen MR) is 110 cm³/mol. The largest absolute Gasteiger partial charge is 0.348 e. The molecule has 1 aromatic heterocycles. The SMILES string of the molecule is Cc1ccc(-c2cc(C(=O)N[C@H](C)C(C)C)n(-c3ccccc3)n2)cc1C. The Morgan fingerprint density at radius 2 is 1.67 bits per heavy atom. The van der Waals surface area contributed by atoms with Gasteiger partial charge in [-0.2, -0.15) is 5.10 Å². The summed E-state index contributed by atoms with van der Waals surface area (Å²) in [5.41, 5.74) is 5.67. The monoisotopic (exact) mass is 361 g/mol. The Kier molecular flexibility index (Phi) is 5.45. The van der Waals surface area contributed by atoms with Crippen LogP contribution in [0.1, 0.15) is 42.4 Å². The van der Waals surface area contributed by atoms with Crippen LogP contribution >= 0.6 is 0 Å². The van der Waals surface area contributed by atoms with Crippen molar-refractivity contribution in [2.24, 2.45) is 5.92 Å². The number of carbonyl (C=O) groups excluding carboxylic acids is 1. The number of aryl methyl sites for hydroxylation is 2. The van der Waals surface area contributed by atoms with Crippen LogP contribution in [0.25, 0.3) is 16.9 Å². The fraction of sp³-hybridized carbons (Fsp3) is 0.304. The average molecular weight is 361 g/mol. The molecule has 1 atom stereocenters. The highest BCUT2D eigenvalue weighted by Crippen LogP contribution is 2.24. The number of hydrogen-bond acceptors (Lipinski definition) is 2. The van der Waals surface area contributed by atoms with Gasteiger partial charge in [0.15, 0.2) is 0 Å². The maximum atomic E-state index is 12.9. The van der Waals surface area contributed by atoms with E-state index in [4.69, 9.17) is 5.10 Å². The van der Waals surface area contributed by atoms with Crippen LogP contribution < -0.4 is 5.32 Å². The van der Waals surface area contributed by atoms with Crippen molar-refractivity contribution in [2.45, 2.75) is 40.7 Å². The van der Waals surface area contributed by atoms with Crippen molar-refractivity contribution < 1.29 is 4.79 Å². The second-order valence-corrected chi connectivity index (χ2v) is 7.47. The third-order valence-electron chi connectivity index (χ3n) is 5.10. The summed E-state index contributed by atoms with van der Waals surface area (Å²) < 4.78 is 1.73. The van der Waals surface area contributed by atoms with Gasteiger partial charge in [-0.05, 0) is 62.1 Å². The Labute approximate surface area is 161 Å². The number of carbonyl (C=O) groups is 1. The summed E-state index contributed by atoms with van der Waals surface area (Å²) in [7, 11) is 0. The molecule has 1 N–H and O–H groups in total. The van der Waals surface area contributed by atoms with Gasteiger partial charge in [0.05, 0.1) is 11.4 Å². The lowest BCUT2D eigenvalue weighted by Crippen LogP contribution is -2.37. The molecular weight excluding hydrogens is 334 g/mol. The van der Waals surface area contributed by atoms with Gasteiger partial charge in [-0.15, -0.1) is 0 Å². The molecule has 0 radical (unpaired) electrons. The van der Waals surface area contributed by atoms with E-state index in [-0.39, 0.29) is 11.9 Å². The molecule has 0 aliphatic rings. The summed E-state index contributed by atoms with van der Waals surface area (Å²) in [5, 5.41) is 7.84. The lowest BCUT2D eigenvalue weighted by molar-refractivity contribution is 0.0922. The number of nitrogens with zero attached hydrogens (tertiary/aromatic N) is 2. The standard InChI is InChI=1S/C23H27N3O/c1-15(2)18(5)24-23(27)22-14-21(19-12-11-16(3)17(4)13-19)25-26(22)20-9-7-6-8-10-20/h6-15,18H,1-5H3,(H,24,27)/t18-/m1/s1. The van der Waals surface area contributed by atoms with Gasteiger partial charge < -0.3 is 5.32 Å². The Morgan fingerprint density at radius 1 is 0.963 bits per heavy atom. The number of benzene rings is 2. The molecule has 1 amide bonds. The van der Waals surface area contributed by atoms with E-state index >= 15 is 0 Å². The van der Waals surface area contributed by atoms with E-state index in [0.717, 1.165) is 16.9 Å². The molecule has 4 heteroatoms. The molecule has 0 aliphatic carbocycles. The van der Waals surface area contributed by atoms with E-state index in [2.05, 4.69) is 51.2 Å². The van der Waals surface area contributed by atoms with Crippen LogP contribution in [0, 0.1) is 19.8 Å². The van der Waals surface area contributed by atoms with Gasteiger partial charge in [0, 0.05) is 11.6 Å². The third kappa shape index (κ3) is 4.11. The summed E-state index contributed by atoms with van der Waals surface area (Å²) in [5.74, 6) is 0.254. The van der Waals surface area contributed by atoms with Gasteiger partial charge in [-0.1, -0.05) is 44.2 Å². The molecule has 4 nitrogen and oxygen atoms in total. The van der Waals surface area contributed by atoms with Gasteiger partial charge >= 0.3 is 0 Å². The molecule has 3 rings (SSSR count). The van der Waals surface area contributed by atoms with Crippen LogP contribution in [0.3, 0.4) is 0 Å². The minimum atomic E-state index is -0.109. The van der Waals surface area contributed by atoms with Crippen molar-refractivity contribution in [3.63, 3.8) is 0 Å². The van der Waals surface area contributed by atoms with Gasteiger partial charge in [0.1, 0.15) is 5.69 Å². The summed E-state index contributed by atoms with van der Waals surface area (Å²) in [6.07, 6.45) is 0. The van der Waals surface area contributed by atoms with Crippen LogP contribution in [0.5, 0.6) is 0 Å². The first-order valence-electron chi connectivity index (χ1n) is 9.41. The van der Waals surface area contributed by atoms with E-state index in [0.29, 0.717) is 11.6 Å². The molecule has 3 aromatic rings. The predicted octanol–water partition coefficient (Wildman–Crippen LogP) is 4.93. The number of amides is 1. The molecule has 1 heterocycles. The average Bonchev–Trinajstić information content (AvgIpc) is 3.10. The molecule has 140 valence electrons. The third-order valence-corrected chi connectivity index (χ3v) is 5.10. The second-order valence-electron chi connectivity index (χ2n) is 7.47. The zero-order valence-electron chi connectivity index (χ0n) is 16.7. The van der Waals surface area contributed by atoms with Crippen molar-refractivity contribution in [3.05, 3.63) is 71.4 Å². The fourth-order valence-electron chi connectivity index (χ4n) is 2.80. The summed E-state index contributed by atoms with van der Waals surface area (Å²) >= 11 is 0. The van der Waals surface area contributed by atoms with Crippen molar-refractivity contribution in [1.29, 1.82) is 0 Å². The maximum Gasteiger partial charge on any atom is 0.270 e. The first-order valence-corrected chi connectivity index (χ1v) is 9.41. The first-order chi connectivity index (χ1) is 12.9. The van der Waals surface area contributed by atoms with Gasteiger partial charge in [0.2, 0.25) is 0 Å². The zero-order valence-corrected chi connectivity index (χ0v) is 16.7. The Balaban J connectivity index is 2.06. The van der Waals surface area contributed by atoms with Crippen LogP contribution in [-0.4, -0.2) is 21.7 Å². The zero-order chi connectivity index (χ0) is 19.6. The molecule has 0 fully saturated rings. The highest BCUT2D eigenvalue weighted by atomic mass is 16.2. The van der Waals surface area contributed by atoms with Crippen LogP contribution in [-0.2, 0) is 0 Å². The Morgan fingerprint density at radius 3 is 2.30 bits per heavy atom. The van der Waals surface area contributed by atoms with E-state index in [1.165, 1.54) is 11.1 Å². The number of hydrogen-bond donors (Lipinski definition) is 1. The Bertz CT molecular complexity index is 942.